The minimum atomic E-state index is -0.711. The monoisotopic (exact) mass is 205 g/mol. The summed E-state index contributed by atoms with van der Waals surface area (Å²) >= 11 is 0. The van der Waals surface area contributed by atoms with E-state index >= 15 is 0 Å². The van der Waals surface area contributed by atoms with Gasteiger partial charge in [0.1, 0.15) is 0 Å². The molecule has 0 unspecified atom stereocenters. The Kier molecular flexibility index (Phi) is 3.72. The van der Waals surface area contributed by atoms with Crippen LogP contribution < -0.4 is 0 Å². The molecule has 0 aliphatic heterocycles. The Morgan fingerprint density at radius 1 is 1.40 bits per heavy atom. The summed E-state index contributed by atoms with van der Waals surface area (Å²) < 4.78 is 0. The number of benzene rings is 1. The third-order valence-electron chi connectivity index (χ3n) is 1.94. The van der Waals surface area contributed by atoms with E-state index in [-0.39, 0.29) is 0 Å². The molecule has 0 saturated heterocycles. The van der Waals surface area contributed by atoms with Crippen LogP contribution in [-0.4, -0.2) is 10.7 Å². The lowest BCUT2D eigenvalue weighted by molar-refractivity contribution is 0.0810. The predicted octanol–water partition coefficient (Wildman–Crippen LogP) is 2.81. The summed E-state index contributed by atoms with van der Waals surface area (Å²) in [5.74, 6) is 0. The first-order valence-corrected chi connectivity index (χ1v) is 4.82. The van der Waals surface area contributed by atoms with Crippen LogP contribution >= 0.6 is 0 Å². The molecule has 0 saturated carbocycles. The van der Waals surface area contributed by atoms with Crippen molar-refractivity contribution < 1.29 is 5.11 Å². The molecule has 0 heterocycles. The Balaban J connectivity index is 2.78. The summed E-state index contributed by atoms with van der Waals surface area (Å²) in [5.41, 5.74) is 9.51. The third kappa shape index (κ3) is 4.49. The summed E-state index contributed by atoms with van der Waals surface area (Å²) in [7, 11) is 0. The molecule has 4 nitrogen and oxygen atoms in total. The van der Waals surface area contributed by atoms with Gasteiger partial charge in [-0.3, -0.25) is 0 Å². The Bertz CT molecular complexity index is 376. The van der Waals surface area contributed by atoms with Crippen molar-refractivity contribution in [2.24, 2.45) is 5.11 Å². The summed E-state index contributed by atoms with van der Waals surface area (Å²) in [5, 5.41) is 13.2. The average molecular weight is 205 g/mol. The highest BCUT2D eigenvalue weighted by molar-refractivity contribution is 5.24. The summed E-state index contributed by atoms with van der Waals surface area (Å²) in [6.07, 6.45) is 0.594. The largest absolute Gasteiger partial charge is 0.390 e. The highest BCUT2D eigenvalue weighted by atomic mass is 16.3. The Morgan fingerprint density at radius 3 is 2.67 bits per heavy atom. The highest BCUT2D eigenvalue weighted by Gasteiger charge is 2.13. The van der Waals surface area contributed by atoms with Gasteiger partial charge in [0.05, 0.1) is 12.1 Å². The van der Waals surface area contributed by atoms with Crippen LogP contribution in [0.15, 0.2) is 29.4 Å². The predicted molar refractivity (Wildman–Crippen MR) is 59.3 cm³/mol. The van der Waals surface area contributed by atoms with E-state index in [2.05, 4.69) is 10.0 Å². The van der Waals surface area contributed by atoms with Crippen molar-refractivity contribution in [3.8, 4) is 0 Å². The zero-order valence-electron chi connectivity index (χ0n) is 9.01. The van der Waals surface area contributed by atoms with Crippen LogP contribution in [0.4, 0.5) is 0 Å². The van der Waals surface area contributed by atoms with Gasteiger partial charge in [0.25, 0.3) is 0 Å². The topological polar surface area (TPSA) is 69.0 Å². The standard InChI is InChI=1S/C11H15N3O/c1-11(2,15)7-9-4-3-5-10(6-9)8-13-14-12/h3-6,15H,7-8H2,1-2H3. The SMILES string of the molecule is CC(C)(O)Cc1cccc(CN=[N+]=[N-])c1. The van der Waals surface area contributed by atoms with Crippen LogP contribution in [0.25, 0.3) is 10.4 Å². The van der Waals surface area contributed by atoms with Gasteiger partial charge in [-0.25, -0.2) is 0 Å². The fourth-order valence-corrected chi connectivity index (χ4v) is 1.45. The summed E-state index contributed by atoms with van der Waals surface area (Å²) in [4.78, 5) is 2.71. The van der Waals surface area contributed by atoms with Crippen molar-refractivity contribution >= 4 is 0 Å². The lowest BCUT2D eigenvalue weighted by Gasteiger charge is -2.17. The number of hydrogen-bond acceptors (Lipinski definition) is 2. The normalized spacial score (nSPS) is 10.9. The quantitative estimate of drug-likeness (QED) is 0.458. The third-order valence-corrected chi connectivity index (χ3v) is 1.94. The number of aliphatic hydroxyl groups is 1. The van der Waals surface area contributed by atoms with Crippen molar-refractivity contribution in [3.63, 3.8) is 0 Å². The minimum absolute atomic E-state index is 0.357. The molecule has 1 aromatic carbocycles. The van der Waals surface area contributed by atoms with Gasteiger partial charge < -0.3 is 5.11 Å². The van der Waals surface area contributed by atoms with Crippen LogP contribution in [0.2, 0.25) is 0 Å². The Labute approximate surface area is 89.2 Å². The molecular weight excluding hydrogens is 190 g/mol. The molecule has 0 spiro atoms. The number of nitrogens with zero attached hydrogens (tertiary/aromatic N) is 3. The molecule has 4 heteroatoms. The van der Waals surface area contributed by atoms with Crippen LogP contribution in [0.3, 0.4) is 0 Å². The van der Waals surface area contributed by atoms with Gasteiger partial charge >= 0.3 is 0 Å². The van der Waals surface area contributed by atoms with Gasteiger partial charge in [0.2, 0.25) is 0 Å². The van der Waals surface area contributed by atoms with E-state index in [1.165, 1.54) is 0 Å². The second kappa shape index (κ2) is 4.82. The van der Waals surface area contributed by atoms with Gasteiger partial charge in [-0.1, -0.05) is 29.4 Å². The first-order chi connectivity index (χ1) is 7.01. The zero-order valence-corrected chi connectivity index (χ0v) is 9.01. The van der Waals surface area contributed by atoms with E-state index in [0.29, 0.717) is 13.0 Å². The van der Waals surface area contributed by atoms with Crippen LogP contribution in [0.1, 0.15) is 25.0 Å². The van der Waals surface area contributed by atoms with E-state index in [0.717, 1.165) is 11.1 Å². The van der Waals surface area contributed by atoms with E-state index in [9.17, 15) is 5.11 Å². The van der Waals surface area contributed by atoms with Gasteiger partial charge in [-0.15, -0.1) is 0 Å². The lowest BCUT2D eigenvalue weighted by Crippen LogP contribution is -2.21. The van der Waals surface area contributed by atoms with Gasteiger partial charge in [-0.2, -0.15) is 0 Å². The van der Waals surface area contributed by atoms with Gasteiger partial charge in [-0.05, 0) is 30.5 Å². The molecule has 0 fully saturated rings. The Hall–Kier alpha value is -1.51. The molecule has 0 aliphatic carbocycles. The van der Waals surface area contributed by atoms with E-state index in [1.807, 2.05) is 24.3 Å². The lowest BCUT2D eigenvalue weighted by atomic mass is 9.97. The number of azide groups is 1. The molecule has 80 valence electrons. The maximum absolute atomic E-state index is 9.66. The molecule has 0 aromatic heterocycles. The summed E-state index contributed by atoms with van der Waals surface area (Å²) in [6.45, 7) is 3.90. The minimum Gasteiger partial charge on any atom is -0.390 e. The van der Waals surface area contributed by atoms with E-state index in [4.69, 9.17) is 5.53 Å². The molecular formula is C11H15N3O. The van der Waals surface area contributed by atoms with Crippen molar-refractivity contribution in [2.45, 2.75) is 32.4 Å². The van der Waals surface area contributed by atoms with E-state index in [1.54, 1.807) is 13.8 Å². The van der Waals surface area contributed by atoms with Gasteiger partial charge in [0.15, 0.2) is 0 Å². The fraction of sp³-hybridized carbons (Fsp3) is 0.455. The average Bonchev–Trinajstić information content (AvgIpc) is 2.12. The molecule has 1 aromatic rings. The van der Waals surface area contributed by atoms with Crippen LogP contribution in [-0.2, 0) is 13.0 Å². The van der Waals surface area contributed by atoms with E-state index < -0.39 is 5.60 Å². The number of rotatable bonds is 4. The second-order valence-electron chi connectivity index (χ2n) is 4.20. The highest BCUT2D eigenvalue weighted by Crippen LogP contribution is 2.14. The first-order valence-electron chi connectivity index (χ1n) is 4.82. The number of hydrogen-bond donors (Lipinski definition) is 1. The van der Waals surface area contributed by atoms with Crippen LogP contribution in [0, 0.1) is 0 Å². The second-order valence-corrected chi connectivity index (χ2v) is 4.20. The molecule has 0 bridgehead atoms. The maximum atomic E-state index is 9.66. The van der Waals surface area contributed by atoms with Crippen molar-refractivity contribution in [1.82, 2.24) is 0 Å². The molecule has 1 N–H and O–H groups in total. The Morgan fingerprint density at radius 2 is 2.07 bits per heavy atom. The summed E-state index contributed by atoms with van der Waals surface area (Å²) in [6, 6.07) is 7.72. The molecule has 0 atom stereocenters. The smallest absolute Gasteiger partial charge is 0.0631 e. The molecule has 0 amide bonds. The zero-order chi connectivity index (χ0) is 11.3. The van der Waals surface area contributed by atoms with Crippen molar-refractivity contribution in [2.75, 3.05) is 0 Å². The molecule has 0 radical (unpaired) electrons. The molecule has 0 aliphatic rings. The molecule has 1 rings (SSSR count). The maximum Gasteiger partial charge on any atom is 0.0631 e. The molecule has 15 heavy (non-hydrogen) atoms. The van der Waals surface area contributed by atoms with Crippen molar-refractivity contribution in [1.29, 1.82) is 0 Å². The first kappa shape index (κ1) is 11.6. The van der Waals surface area contributed by atoms with Crippen LogP contribution in [0.5, 0.6) is 0 Å². The van der Waals surface area contributed by atoms with Gasteiger partial charge in [0, 0.05) is 11.3 Å². The fourth-order valence-electron chi connectivity index (χ4n) is 1.45. The van der Waals surface area contributed by atoms with Crippen molar-refractivity contribution in [3.05, 3.63) is 45.8 Å².